The average molecular weight is 428 g/mol. The molecule has 0 spiro atoms. The van der Waals surface area contributed by atoms with Crippen molar-refractivity contribution in [3.05, 3.63) is 42.0 Å². The highest BCUT2D eigenvalue weighted by Gasteiger charge is 2.22. The molecule has 2 N–H and O–H groups in total. The van der Waals surface area contributed by atoms with Crippen molar-refractivity contribution in [3.8, 4) is 17.2 Å². The molecule has 0 atom stereocenters. The molecule has 0 saturated carbocycles. The summed E-state index contributed by atoms with van der Waals surface area (Å²) in [6, 6.07) is 10.8. The highest BCUT2D eigenvalue weighted by atomic mass is 16.5. The summed E-state index contributed by atoms with van der Waals surface area (Å²) in [5, 5.41) is 5.78. The lowest BCUT2D eigenvalue weighted by Crippen LogP contribution is -2.47. The zero-order chi connectivity index (χ0) is 22.2. The topological polar surface area (TPSA) is 89.1 Å². The van der Waals surface area contributed by atoms with E-state index in [9.17, 15) is 9.59 Å². The molecule has 2 aromatic rings. The Hall–Kier alpha value is -3.42. The minimum atomic E-state index is -0.307. The molecule has 3 rings (SSSR count). The van der Waals surface area contributed by atoms with Crippen LogP contribution in [-0.2, 0) is 4.79 Å². The van der Waals surface area contributed by atoms with Crippen molar-refractivity contribution in [2.24, 2.45) is 0 Å². The van der Waals surface area contributed by atoms with Crippen LogP contribution in [0.15, 0.2) is 36.4 Å². The van der Waals surface area contributed by atoms with E-state index in [1.165, 1.54) is 0 Å². The summed E-state index contributed by atoms with van der Waals surface area (Å²) >= 11 is 0. The van der Waals surface area contributed by atoms with Crippen LogP contribution in [0.5, 0.6) is 17.2 Å². The maximum Gasteiger partial charge on any atom is 0.255 e. The molecule has 1 aliphatic rings. The maximum atomic E-state index is 13.1. The fourth-order valence-electron chi connectivity index (χ4n) is 3.41. The van der Waals surface area contributed by atoms with Crippen molar-refractivity contribution >= 4 is 23.2 Å². The van der Waals surface area contributed by atoms with E-state index in [0.29, 0.717) is 61.4 Å². The summed E-state index contributed by atoms with van der Waals surface area (Å²) in [5.74, 6) is 1.06. The molecule has 8 nitrogen and oxygen atoms in total. The molecule has 2 aromatic carbocycles. The van der Waals surface area contributed by atoms with Crippen molar-refractivity contribution in [2.45, 2.75) is 20.8 Å². The van der Waals surface area contributed by atoms with E-state index >= 15 is 0 Å². The van der Waals surface area contributed by atoms with Crippen molar-refractivity contribution in [2.75, 3.05) is 49.7 Å². The quantitative estimate of drug-likeness (QED) is 0.639. The molecule has 1 heterocycles. The number of benzene rings is 2. The number of carbonyl (C=O) groups excluding carboxylic acids is 2. The normalized spacial score (nSPS) is 13.4. The molecule has 8 heteroatoms. The van der Waals surface area contributed by atoms with Crippen molar-refractivity contribution in [3.63, 3.8) is 0 Å². The Morgan fingerprint density at radius 2 is 1.68 bits per heavy atom. The molecule has 0 unspecified atom stereocenters. The largest absolute Gasteiger partial charge is 0.490 e. The van der Waals surface area contributed by atoms with Crippen LogP contribution in [0.4, 0.5) is 11.4 Å². The van der Waals surface area contributed by atoms with E-state index in [-0.39, 0.29) is 18.4 Å². The number of amides is 2. The van der Waals surface area contributed by atoms with Gasteiger partial charge in [-0.1, -0.05) is 12.1 Å². The van der Waals surface area contributed by atoms with Gasteiger partial charge in [-0.25, -0.2) is 0 Å². The molecule has 1 aliphatic heterocycles. The zero-order valence-electron chi connectivity index (χ0n) is 18.2. The number of nitrogens with zero attached hydrogens (tertiary/aromatic N) is 1. The van der Waals surface area contributed by atoms with Crippen molar-refractivity contribution < 1.29 is 23.8 Å². The van der Waals surface area contributed by atoms with Gasteiger partial charge in [0.2, 0.25) is 11.7 Å². The van der Waals surface area contributed by atoms with Gasteiger partial charge in [-0.15, -0.1) is 0 Å². The second-order valence-corrected chi connectivity index (χ2v) is 6.84. The van der Waals surface area contributed by atoms with E-state index in [2.05, 4.69) is 10.6 Å². The molecular weight excluding hydrogens is 398 g/mol. The first kappa shape index (κ1) is 22.3. The fraction of sp³-hybridized carbons (Fsp3) is 0.391. The van der Waals surface area contributed by atoms with E-state index in [1.807, 2.05) is 49.9 Å². The number of hydrogen-bond acceptors (Lipinski definition) is 6. The van der Waals surface area contributed by atoms with Gasteiger partial charge in [0.25, 0.3) is 5.91 Å². The van der Waals surface area contributed by atoms with Crippen LogP contribution in [-0.4, -0.2) is 51.3 Å². The lowest BCUT2D eigenvalue weighted by atomic mass is 10.1. The Morgan fingerprint density at radius 3 is 2.29 bits per heavy atom. The highest BCUT2D eigenvalue weighted by Crippen LogP contribution is 2.39. The minimum Gasteiger partial charge on any atom is -0.490 e. The molecule has 166 valence electrons. The summed E-state index contributed by atoms with van der Waals surface area (Å²) in [6.07, 6.45) is 0. The van der Waals surface area contributed by atoms with Crippen LogP contribution in [0.3, 0.4) is 0 Å². The predicted molar refractivity (Wildman–Crippen MR) is 120 cm³/mol. The number of anilines is 2. The Bertz CT molecular complexity index is 904. The number of rotatable bonds is 9. The standard InChI is InChI=1S/C23H29N3O5/c1-4-29-19-13-16(14-20(30-5-2)22(19)31-6-3)23(28)25-17-9-7-8-10-18(17)26-12-11-24-21(27)15-26/h7-10,13-14H,4-6,11-12,15H2,1-3H3,(H,24,27)(H,25,28). The Kier molecular flexibility index (Phi) is 7.59. The number of nitrogens with one attached hydrogen (secondary N) is 2. The second kappa shape index (κ2) is 10.6. The highest BCUT2D eigenvalue weighted by molar-refractivity contribution is 6.07. The van der Waals surface area contributed by atoms with Gasteiger partial charge in [-0.3, -0.25) is 9.59 Å². The summed E-state index contributed by atoms with van der Waals surface area (Å²) < 4.78 is 17.1. The number of ether oxygens (including phenoxy) is 3. The third-order valence-corrected chi connectivity index (χ3v) is 4.70. The summed E-state index contributed by atoms with van der Waals surface area (Å²) in [5.41, 5.74) is 1.82. The number of piperazine rings is 1. The van der Waals surface area contributed by atoms with Crippen LogP contribution in [0, 0.1) is 0 Å². The first-order chi connectivity index (χ1) is 15.1. The first-order valence-electron chi connectivity index (χ1n) is 10.6. The van der Waals surface area contributed by atoms with E-state index in [1.54, 1.807) is 12.1 Å². The minimum absolute atomic E-state index is 0.0402. The predicted octanol–water partition coefficient (Wildman–Crippen LogP) is 3.07. The van der Waals surface area contributed by atoms with Gasteiger partial charge in [-0.2, -0.15) is 0 Å². The molecule has 2 amide bonds. The van der Waals surface area contributed by atoms with Crippen LogP contribution in [0.2, 0.25) is 0 Å². The zero-order valence-corrected chi connectivity index (χ0v) is 18.2. The van der Waals surface area contributed by atoms with Crippen LogP contribution in [0.1, 0.15) is 31.1 Å². The van der Waals surface area contributed by atoms with Crippen molar-refractivity contribution in [1.29, 1.82) is 0 Å². The van der Waals surface area contributed by atoms with Gasteiger partial charge in [0.05, 0.1) is 37.7 Å². The molecule has 1 fully saturated rings. The lowest BCUT2D eigenvalue weighted by Gasteiger charge is -2.30. The fourth-order valence-corrected chi connectivity index (χ4v) is 3.41. The van der Waals surface area contributed by atoms with Crippen LogP contribution in [0.25, 0.3) is 0 Å². The molecule has 1 saturated heterocycles. The third-order valence-electron chi connectivity index (χ3n) is 4.70. The van der Waals surface area contributed by atoms with Gasteiger partial charge in [0, 0.05) is 18.7 Å². The SMILES string of the molecule is CCOc1cc(C(=O)Nc2ccccc2N2CCNC(=O)C2)cc(OCC)c1OCC. The average Bonchev–Trinajstić information content (AvgIpc) is 2.76. The maximum absolute atomic E-state index is 13.1. The van der Waals surface area contributed by atoms with E-state index < -0.39 is 0 Å². The molecule has 31 heavy (non-hydrogen) atoms. The van der Waals surface area contributed by atoms with Gasteiger partial charge in [-0.05, 0) is 45.0 Å². The van der Waals surface area contributed by atoms with E-state index in [0.717, 1.165) is 5.69 Å². The van der Waals surface area contributed by atoms with Gasteiger partial charge >= 0.3 is 0 Å². The smallest absolute Gasteiger partial charge is 0.255 e. The Balaban J connectivity index is 1.91. The van der Waals surface area contributed by atoms with E-state index in [4.69, 9.17) is 14.2 Å². The third kappa shape index (κ3) is 5.39. The lowest BCUT2D eigenvalue weighted by molar-refractivity contribution is -0.120. The molecule has 0 radical (unpaired) electrons. The van der Waals surface area contributed by atoms with Crippen LogP contribution >= 0.6 is 0 Å². The summed E-state index contributed by atoms with van der Waals surface area (Å²) in [7, 11) is 0. The van der Waals surface area contributed by atoms with Gasteiger partial charge in [0.1, 0.15) is 0 Å². The van der Waals surface area contributed by atoms with Gasteiger partial charge in [0.15, 0.2) is 11.5 Å². The second-order valence-electron chi connectivity index (χ2n) is 6.84. The number of para-hydroxylation sites is 2. The molecular formula is C23H29N3O5. The van der Waals surface area contributed by atoms with Crippen molar-refractivity contribution in [1.82, 2.24) is 5.32 Å². The number of hydrogen-bond donors (Lipinski definition) is 2. The molecule has 0 aliphatic carbocycles. The molecule has 0 aromatic heterocycles. The first-order valence-corrected chi connectivity index (χ1v) is 10.6. The summed E-state index contributed by atoms with van der Waals surface area (Å²) in [6.45, 7) is 8.40. The Labute approximate surface area is 182 Å². The molecule has 0 bridgehead atoms. The van der Waals surface area contributed by atoms with Gasteiger partial charge < -0.3 is 29.7 Å². The Morgan fingerprint density at radius 1 is 1.03 bits per heavy atom. The van der Waals surface area contributed by atoms with Crippen LogP contribution < -0.4 is 29.7 Å². The number of carbonyl (C=O) groups is 2. The summed E-state index contributed by atoms with van der Waals surface area (Å²) in [4.78, 5) is 26.9. The monoisotopic (exact) mass is 427 g/mol.